The van der Waals surface area contributed by atoms with Crippen molar-refractivity contribution in [3.05, 3.63) is 73.6 Å². The third kappa shape index (κ3) is 7.01. The van der Waals surface area contributed by atoms with Gasteiger partial charge in [-0.25, -0.2) is 0 Å². The van der Waals surface area contributed by atoms with Gasteiger partial charge in [-0.05, 0) is 18.9 Å². The van der Waals surface area contributed by atoms with Crippen LogP contribution in [-0.2, 0) is 9.53 Å². The summed E-state index contributed by atoms with van der Waals surface area (Å²) in [5.74, 6) is -1.47. The van der Waals surface area contributed by atoms with Crippen LogP contribution >= 0.6 is 11.6 Å². The van der Waals surface area contributed by atoms with Crippen molar-refractivity contribution in [3.63, 3.8) is 0 Å². The summed E-state index contributed by atoms with van der Waals surface area (Å²) in [6.07, 6.45) is 3.69. The monoisotopic (exact) mass is 449 g/mol. The molecule has 1 N–H and O–H groups in total. The van der Waals surface area contributed by atoms with Crippen molar-refractivity contribution in [3.8, 4) is 0 Å². The number of nitro groups is 1. The van der Waals surface area contributed by atoms with Gasteiger partial charge in [0.05, 0.1) is 9.95 Å². The van der Waals surface area contributed by atoms with Crippen molar-refractivity contribution in [1.82, 2.24) is 9.88 Å². The average Bonchev–Trinajstić information content (AvgIpc) is 2.75. The average molecular weight is 450 g/mol. The molecule has 1 aromatic heterocycles. The second-order valence-electron chi connectivity index (χ2n) is 6.78. The van der Waals surface area contributed by atoms with Crippen molar-refractivity contribution in [2.75, 3.05) is 19.8 Å². The maximum atomic E-state index is 13.1. The van der Waals surface area contributed by atoms with E-state index in [0.717, 1.165) is 29.5 Å². The molecule has 1 unspecified atom stereocenters. The highest BCUT2D eigenvalue weighted by molar-refractivity contribution is 6.30. The number of Topliss-reactive ketones (excluding diaryl/α,β-unsaturated/α-hetero) is 1. The number of pyridine rings is 1. The van der Waals surface area contributed by atoms with E-state index in [9.17, 15) is 24.5 Å². The molecule has 9 nitrogen and oxygen atoms in total. The summed E-state index contributed by atoms with van der Waals surface area (Å²) in [4.78, 5) is 48.7. The van der Waals surface area contributed by atoms with Crippen LogP contribution in [0.1, 0.15) is 42.6 Å². The smallest absolute Gasteiger partial charge is 0.270 e. The fourth-order valence-electron chi connectivity index (χ4n) is 2.81. The minimum Gasteiger partial charge on any atom is -0.381 e. The molecule has 1 aromatic carbocycles. The van der Waals surface area contributed by atoms with Crippen molar-refractivity contribution in [2.24, 2.45) is 0 Å². The predicted octanol–water partition coefficient (Wildman–Crippen LogP) is 3.16. The molecular weight excluding hydrogens is 426 g/mol. The third-order valence-electron chi connectivity index (χ3n) is 4.43. The minimum atomic E-state index is -1.56. The van der Waals surface area contributed by atoms with Gasteiger partial charge in [-0.3, -0.25) is 29.1 Å². The number of halogens is 1. The molecule has 1 atom stereocenters. The third-order valence-corrected chi connectivity index (χ3v) is 4.65. The first-order valence-corrected chi connectivity index (χ1v) is 10.2. The van der Waals surface area contributed by atoms with E-state index < -0.39 is 28.2 Å². The molecule has 166 valence electrons. The number of ketones is 1. The zero-order valence-electron chi connectivity index (χ0n) is 17.1. The second kappa shape index (κ2) is 12.0. The molecule has 1 amide bonds. The van der Waals surface area contributed by atoms with Gasteiger partial charge in [0.1, 0.15) is 0 Å². The zero-order chi connectivity index (χ0) is 22.8. The number of amides is 1. The van der Waals surface area contributed by atoms with Gasteiger partial charge >= 0.3 is 0 Å². The SMILES string of the molecule is CCCCOCCCNC(=O)C(C(=O)c1cccc([N+](=O)[O-])c1)n1cc(Cl)ccc1=O. The van der Waals surface area contributed by atoms with Crippen LogP contribution in [0.3, 0.4) is 0 Å². The molecule has 31 heavy (non-hydrogen) atoms. The lowest BCUT2D eigenvalue weighted by Crippen LogP contribution is -2.41. The quantitative estimate of drug-likeness (QED) is 0.175. The Morgan fingerprint density at radius 1 is 1.23 bits per heavy atom. The predicted molar refractivity (Wildman–Crippen MR) is 116 cm³/mol. The van der Waals surface area contributed by atoms with Gasteiger partial charge in [0.2, 0.25) is 0 Å². The second-order valence-corrected chi connectivity index (χ2v) is 7.21. The van der Waals surface area contributed by atoms with E-state index >= 15 is 0 Å². The summed E-state index contributed by atoms with van der Waals surface area (Å²) in [6, 6.07) is 5.93. The Morgan fingerprint density at radius 2 is 1.97 bits per heavy atom. The highest BCUT2D eigenvalue weighted by Gasteiger charge is 2.31. The number of hydrogen-bond acceptors (Lipinski definition) is 6. The molecule has 0 saturated carbocycles. The van der Waals surface area contributed by atoms with Crippen LogP contribution < -0.4 is 10.9 Å². The Bertz CT molecular complexity index is 991. The molecule has 1 heterocycles. The van der Waals surface area contributed by atoms with Gasteiger partial charge < -0.3 is 10.1 Å². The number of non-ortho nitro benzene ring substituents is 1. The van der Waals surface area contributed by atoms with Crippen LogP contribution in [-0.4, -0.2) is 40.9 Å². The Kier molecular flexibility index (Phi) is 9.36. The van der Waals surface area contributed by atoms with Crippen LogP contribution in [0, 0.1) is 10.1 Å². The van der Waals surface area contributed by atoms with E-state index in [2.05, 4.69) is 12.2 Å². The molecule has 2 rings (SSSR count). The number of unbranched alkanes of at least 4 members (excludes halogenated alkanes) is 1. The summed E-state index contributed by atoms with van der Waals surface area (Å²) in [7, 11) is 0. The molecule has 0 aliphatic rings. The Hall–Kier alpha value is -3.04. The van der Waals surface area contributed by atoms with E-state index in [1.54, 1.807) is 0 Å². The number of benzene rings is 1. The normalized spacial score (nSPS) is 11.7. The number of nitrogens with one attached hydrogen (secondary N) is 1. The lowest BCUT2D eigenvalue weighted by molar-refractivity contribution is -0.384. The fourth-order valence-corrected chi connectivity index (χ4v) is 2.98. The summed E-state index contributed by atoms with van der Waals surface area (Å²) in [5, 5.41) is 13.8. The number of aromatic nitrogens is 1. The first-order chi connectivity index (χ1) is 14.8. The fraction of sp³-hybridized carbons (Fsp3) is 0.381. The maximum absolute atomic E-state index is 13.1. The van der Waals surface area contributed by atoms with Crippen molar-refractivity contribution >= 4 is 29.0 Å². The van der Waals surface area contributed by atoms with E-state index in [4.69, 9.17) is 16.3 Å². The Balaban J connectivity index is 2.23. The number of hydrogen-bond donors (Lipinski definition) is 1. The lowest BCUT2D eigenvalue weighted by atomic mass is 10.0. The molecule has 0 bridgehead atoms. The Morgan fingerprint density at radius 3 is 2.68 bits per heavy atom. The topological polar surface area (TPSA) is 121 Å². The van der Waals surface area contributed by atoms with Crippen LogP contribution in [0.4, 0.5) is 5.69 Å². The van der Waals surface area contributed by atoms with Crippen molar-refractivity contribution in [2.45, 2.75) is 32.2 Å². The van der Waals surface area contributed by atoms with Crippen LogP contribution in [0.15, 0.2) is 47.4 Å². The maximum Gasteiger partial charge on any atom is 0.270 e. The number of carbonyl (C=O) groups is 2. The first kappa shape index (κ1) is 24.2. The molecule has 0 fully saturated rings. The van der Waals surface area contributed by atoms with Crippen LogP contribution in [0.2, 0.25) is 5.02 Å². The number of rotatable bonds is 12. The van der Waals surface area contributed by atoms with Crippen LogP contribution in [0.25, 0.3) is 0 Å². The van der Waals surface area contributed by atoms with Gasteiger partial charge in [-0.1, -0.05) is 37.1 Å². The van der Waals surface area contributed by atoms with Gasteiger partial charge in [0, 0.05) is 49.7 Å². The summed E-state index contributed by atoms with van der Waals surface area (Å²) < 4.78 is 6.36. The van der Waals surface area contributed by atoms with Gasteiger partial charge in [-0.15, -0.1) is 0 Å². The zero-order valence-corrected chi connectivity index (χ0v) is 17.8. The number of carbonyl (C=O) groups excluding carboxylic acids is 2. The van der Waals surface area contributed by atoms with Crippen LogP contribution in [0.5, 0.6) is 0 Å². The lowest BCUT2D eigenvalue weighted by Gasteiger charge is -2.19. The molecule has 10 heteroatoms. The largest absolute Gasteiger partial charge is 0.381 e. The molecule has 0 radical (unpaired) electrons. The highest BCUT2D eigenvalue weighted by Crippen LogP contribution is 2.20. The van der Waals surface area contributed by atoms with E-state index in [1.165, 1.54) is 30.5 Å². The summed E-state index contributed by atoms with van der Waals surface area (Å²) in [5.41, 5.74) is -0.969. The van der Waals surface area contributed by atoms with Crippen molar-refractivity contribution in [1.29, 1.82) is 0 Å². The minimum absolute atomic E-state index is 0.0656. The molecule has 0 spiro atoms. The molecule has 0 saturated heterocycles. The number of ether oxygens (including phenoxy) is 1. The van der Waals surface area contributed by atoms with Gasteiger partial charge in [0.25, 0.3) is 17.2 Å². The molecule has 0 aliphatic carbocycles. The van der Waals surface area contributed by atoms with Crippen molar-refractivity contribution < 1.29 is 19.2 Å². The standard InChI is InChI=1S/C21H24ClN3O6/c1-2-3-11-31-12-5-10-23-21(28)19(24-14-16(22)8-9-18(24)26)20(27)15-6-4-7-17(13-15)25(29)30/h4,6-9,13-14,19H,2-3,5,10-12H2,1H3,(H,23,28). The highest BCUT2D eigenvalue weighted by atomic mass is 35.5. The number of nitro benzene ring substituents is 1. The molecule has 0 aliphatic heterocycles. The van der Waals surface area contributed by atoms with E-state index in [1.807, 2.05) is 0 Å². The molecule has 2 aromatic rings. The first-order valence-electron chi connectivity index (χ1n) is 9.87. The Labute approximate surface area is 184 Å². The summed E-state index contributed by atoms with van der Waals surface area (Å²) in [6.45, 7) is 3.37. The van der Waals surface area contributed by atoms with Gasteiger partial charge in [0.15, 0.2) is 11.8 Å². The van der Waals surface area contributed by atoms with E-state index in [0.29, 0.717) is 19.6 Å². The number of nitrogens with zero attached hydrogens (tertiary/aromatic N) is 2. The van der Waals surface area contributed by atoms with Gasteiger partial charge in [-0.2, -0.15) is 0 Å². The molecular formula is C21H24ClN3O6. The van der Waals surface area contributed by atoms with E-state index in [-0.39, 0.29) is 22.8 Å². The summed E-state index contributed by atoms with van der Waals surface area (Å²) >= 11 is 5.96.